The van der Waals surface area contributed by atoms with E-state index in [1.165, 1.54) is 38.4 Å². The highest BCUT2D eigenvalue weighted by Crippen LogP contribution is 2.38. The van der Waals surface area contributed by atoms with E-state index < -0.39 is 11.6 Å². The van der Waals surface area contributed by atoms with Gasteiger partial charge in [-0.25, -0.2) is 13.8 Å². The predicted molar refractivity (Wildman–Crippen MR) is 132 cm³/mol. The van der Waals surface area contributed by atoms with Crippen LogP contribution in [0.4, 0.5) is 13.9 Å². The molecule has 3 aromatic carbocycles. The third-order valence-corrected chi connectivity index (χ3v) is 6.21. The maximum Gasteiger partial charge on any atom is 0.253 e. The fourth-order valence-electron chi connectivity index (χ4n) is 3.52. The summed E-state index contributed by atoms with van der Waals surface area (Å²) in [5.41, 5.74) is 1.52. The Hall–Kier alpha value is -3.98. The number of aromatic nitrogens is 1. The van der Waals surface area contributed by atoms with Crippen LogP contribution in [0.15, 0.2) is 60.7 Å². The van der Waals surface area contributed by atoms with Gasteiger partial charge in [-0.3, -0.25) is 9.69 Å². The molecule has 35 heavy (non-hydrogen) atoms. The quantitative estimate of drug-likeness (QED) is 0.287. The molecule has 0 aliphatic heterocycles. The Bertz CT molecular complexity index is 1360. The number of carbonyl (C=O) groups excluding carboxylic acids is 1. The second-order valence-corrected chi connectivity index (χ2v) is 8.44. The van der Waals surface area contributed by atoms with E-state index >= 15 is 0 Å². The number of fused-ring (bicyclic) bond motifs is 1. The lowest BCUT2D eigenvalue weighted by Crippen LogP contribution is -2.28. The molecule has 1 amide bonds. The average Bonchev–Trinajstić information content (AvgIpc) is 3.29. The normalized spacial score (nSPS) is 11.1. The maximum atomic E-state index is 14.3. The number of anilines is 1. The minimum absolute atomic E-state index is 0.0193. The smallest absolute Gasteiger partial charge is 0.253 e. The number of methoxy groups -OCH3 is 3. The molecule has 0 radical (unpaired) electrons. The monoisotopic (exact) mass is 496 g/mol. The predicted octanol–water partition coefficient (Wildman–Crippen LogP) is 5.85. The molecule has 0 fully saturated rings. The van der Waals surface area contributed by atoms with Crippen LogP contribution in [-0.4, -0.2) is 32.2 Å². The summed E-state index contributed by atoms with van der Waals surface area (Å²) < 4.78 is 44.4. The molecule has 1 aromatic heterocycles. The first-order chi connectivity index (χ1) is 16.9. The van der Waals surface area contributed by atoms with Crippen molar-refractivity contribution in [2.45, 2.75) is 6.54 Å². The molecule has 0 aliphatic carbocycles. The van der Waals surface area contributed by atoms with Crippen LogP contribution in [-0.2, 0) is 11.3 Å². The maximum absolute atomic E-state index is 14.3. The molecule has 180 valence electrons. The second-order valence-electron chi connectivity index (χ2n) is 7.43. The minimum Gasteiger partial charge on any atom is -0.493 e. The van der Waals surface area contributed by atoms with Crippen LogP contribution in [0, 0.1) is 11.6 Å². The lowest BCUT2D eigenvalue weighted by molar-refractivity contribution is -0.114. The Morgan fingerprint density at radius 1 is 1.00 bits per heavy atom. The molecule has 1 heterocycles. The van der Waals surface area contributed by atoms with Crippen molar-refractivity contribution in [2.75, 3.05) is 26.2 Å². The number of ether oxygens (including phenoxy) is 3. The lowest BCUT2D eigenvalue weighted by Gasteiger charge is -2.18. The van der Waals surface area contributed by atoms with Crippen molar-refractivity contribution in [1.29, 1.82) is 0 Å². The Morgan fingerprint density at radius 3 is 2.31 bits per heavy atom. The van der Waals surface area contributed by atoms with Crippen molar-refractivity contribution < 1.29 is 27.8 Å². The van der Waals surface area contributed by atoms with E-state index in [-0.39, 0.29) is 23.1 Å². The van der Waals surface area contributed by atoms with E-state index in [0.717, 1.165) is 23.0 Å². The number of halogens is 2. The Morgan fingerprint density at radius 2 is 1.69 bits per heavy atom. The van der Waals surface area contributed by atoms with E-state index in [4.69, 9.17) is 14.2 Å². The van der Waals surface area contributed by atoms with Gasteiger partial charge in [0.2, 0.25) is 5.75 Å². The van der Waals surface area contributed by atoms with Crippen LogP contribution in [0.25, 0.3) is 16.3 Å². The standard InChI is InChI=1S/C26H22F2N2O4S/c1-32-20-11-17(12-21(33-2)25(20)34-3)9-10-23(31)30(15-16-7-5-4-6-8-16)26-29-24-19(28)13-18(27)14-22(24)35-26/h4-14H,15H2,1-3H3/b10-9+. The van der Waals surface area contributed by atoms with Gasteiger partial charge in [-0.15, -0.1) is 0 Å². The van der Waals surface area contributed by atoms with Crippen LogP contribution < -0.4 is 19.1 Å². The summed E-state index contributed by atoms with van der Waals surface area (Å²) in [5.74, 6) is -0.529. The summed E-state index contributed by atoms with van der Waals surface area (Å²) in [6, 6.07) is 14.7. The molecule has 4 rings (SSSR count). The lowest BCUT2D eigenvalue weighted by atomic mass is 10.1. The van der Waals surface area contributed by atoms with E-state index in [1.54, 1.807) is 18.2 Å². The summed E-state index contributed by atoms with van der Waals surface area (Å²) in [6.45, 7) is 0.198. The van der Waals surface area contributed by atoms with E-state index in [1.807, 2.05) is 30.3 Å². The molecule has 0 N–H and O–H groups in total. The zero-order valence-electron chi connectivity index (χ0n) is 19.2. The van der Waals surface area contributed by atoms with Gasteiger partial charge in [0, 0.05) is 12.1 Å². The Labute approximate surface area is 205 Å². The van der Waals surface area contributed by atoms with Crippen LogP contribution >= 0.6 is 11.3 Å². The van der Waals surface area contributed by atoms with Gasteiger partial charge in [0.1, 0.15) is 11.3 Å². The third-order valence-electron chi connectivity index (χ3n) is 5.19. The average molecular weight is 497 g/mol. The Balaban J connectivity index is 1.71. The van der Waals surface area contributed by atoms with Crippen molar-refractivity contribution in [2.24, 2.45) is 0 Å². The van der Waals surface area contributed by atoms with Crippen molar-refractivity contribution >= 4 is 38.7 Å². The van der Waals surface area contributed by atoms with Crippen molar-refractivity contribution in [3.05, 3.63) is 83.4 Å². The number of hydrogen-bond donors (Lipinski definition) is 0. The second kappa shape index (κ2) is 10.5. The molecule has 0 atom stereocenters. The molecular weight excluding hydrogens is 474 g/mol. The topological polar surface area (TPSA) is 60.9 Å². The SMILES string of the molecule is COc1cc(/C=C/C(=O)N(Cc2ccccc2)c2nc3c(F)cc(F)cc3s2)cc(OC)c1OC. The summed E-state index contributed by atoms with van der Waals surface area (Å²) in [5, 5.41) is 0.257. The number of thiazole rings is 1. The summed E-state index contributed by atoms with van der Waals surface area (Å²) >= 11 is 1.04. The molecule has 0 aliphatic rings. The van der Waals surface area contributed by atoms with E-state index in [2.05, 4.69) is 4.98 Å². The van der Waals surface area contributed by atoms with Crippen LogP contribution in [0.2, 0.25) is 0 Å². The number of rotatable bonds is 8. The largest absolute Gasteiger partial charge is 0.493 e. The first-order valence-electron chi connectivity index (χ1n) is 10.5. The summed E-state index contributed by atoms with van der Waals surface area (Å²) in [6.07, 6.45) is 2.99. The number of benzene rings is 3. The fourth-order valence-corrected chi connectivity index (χ4v) is 4.53. The first kappa shape index (κ1) is 24.2. The van der Waals surface area contributed by atoms with Gasteiger partial charge < -0.3 is 14.2 Å². The van der Waals surface area contributed by atoms with Gasteiger partial charge in [0.25, 0.3) is 5.91 Å². The summed E-state index contributed by atoms with van der Waals surface area (Å²) in [7, 11) is 4.52. The highest BCUT2D eigenvalue weighted by atomic mass is 32.1. The number of carbonyl (C=O) groups is 1. The molecule has 4 aromatic rings. The summed E-state index contributed by atoms with van der Waals surface area (Å²) in [4.78, 5) is 19.1. The zero-order valence-corrected chi connectivity index (χ0v) is 20.1. The molecule has 0 bridgehead atoms. The van der Waals surface area contributed by atoms with Crippen molar-refractivity contribution in [3.63, 3.8) is 0 Å². The van der Waals surface area contributed by atoms with Crippen LogP contribution in [0.3, 0.4) is 0 Å². The Kier molecular flexibility index (Phi) is 7.26. The highest BCUT2D eigenvalue weighted by molar-refractivity contribution is 7.22. The molecule has 0 saturated carbocycles. The first-order valence-corrected chi connectivity index (χ1v) is 11.3. The van der Waals surface area contributed by atoms with Gasteiger partial charge in [-0.1, -0.05) is 41.7 Å². The van der Waals surface area contributed by atoms with Crippen molar-refractivity contribution in [3.8, 4) is 17.2 Å². The zero-order chi connectivity index (χ0) is 24.9. The van der Waals surface area contributed by atoms with E-state index in [9.17, 15) is 13.6 Å². The van der Waals surface area contributed by atoms with Gasteiger partial charge >= 0.3 is 0 Å². The third kappa shape index (κ3) is 5.25. The van der Waals surface area contributed by atoms with Gasteiger partial charge in [-0.2, -0.15) is 0 Å². The van der Waals surface area contributed by atoms with Gasteiger partial charge in [0.15, 0.2) is 22.4 Å². The van der Waals surface area contributed by atoms with Crippen LogP contribution in [0.1, 0.15) is 11.1 Å². The molecule has 0 unspecified atom stereocenters. The van der Waals surface area contributed by atoms with Crippen molar-refractivity contribution in [1.82, 2.24) is 4.98 Å². The highest BCUT2D eigenvalue weighted by Gasteiger charge is 2.21. The number of amides is 1. The fraction of sp³-hybridized carbons (Fsp3) is 0.154. The molecule has 9 heteroatoms. The molecule has 0 saturated heterocycles. The van der Waals surface area contributed by atoms with Gasteiger partial charge in [0.05, 0.1) is 32.6 Å². The number of hydrogen-bond acceptors (Lipinski definition) is 6. The molecule has 6 nitrogen and oxygen atoms in total. The van der Waals surface area contributed by atoms with Crippen LogP contribution in [0.5, 0.6) is 17.2 Å². The van der Waals surface area contributed by atoms with E-state index in [0.29, 0.717) is 27.5 Å². The molecular formula is C26H22F2N2O4S. The number of nitrogens with zero attached hydrogens (tertiary/aromatic N) is 2. The van der Waals surface area contributed by atoms with Gasteiger partial charge in [-0.05, 0) is 35.4 Å². The molecule has 0 spiro atoms. The minimum atomic E-state index is -0.775.